The molecule has 1 heterocycles. The van der Waals surface area contributed by atoms with E-state index in [4.69, 9.17) is 19.6 Å². The Balaban J connectivity index is 1.47. The Morgan fingerprint density at radius 1 is 1.09 bits per heavy atom. The normalized spacial score (nSPS) is 11.8. The number of anilines is 1. The largest absolute Gasteiger partial charge is 0.494 e. The molecular formula is C26H26FN3O4. The summed E-state index contributed by atoms with van der Waals surface area (Å²) in [5.74, 6) is 0.529. The van der Waals surface area contributed by atoms with Gasteiger partial charge in [0.15, 0.2) is 6.10 Å². The van der Waals surface area contributed by atoms with E-state index >= 15 is 0 Å². The monoisotopic (exact) mass is 463 g/mol. The second kappa shape index (κ2) is 10.7. The number of hydrogen-bond donors (Lipinski definition) is 2. The van der Waals surface area contributed by atoms with Gasteiger partial charge in [-0.25, -0.2) is 14.2 Å². The highest BCUT2D eigenvalue weighted by molar-refractivity contribution is 5.77. The SMILES string of the molecule is CC(Oc1cccc(CN(CCCOc2ccc(F)cc2)c2nc3ccccc3[nH]2)c1)C(=O)O. The van der Waals surface area contributed by atoms with Crippen molar-refractivity contribution in [1.82, 2.24) is 9.97 Å². The van der Waals surface area contributed by atoms with Gasteiger partial charge in [0.2, 0.25) is 5.95 Å². The Morgan fingerprint density at radius 2 is 1.88 bits per heavy atom. The average molecular weight is 464 g/mol. The van der Waals surface area contributed by atoms with Crippen molar-refractivity contribution in [3.63, 3.8) is 0 Å². The molecule has 0 bridgehead atoms. The molecule has 4 rings (SSSR count). The predicted molar refractivity (Wildman–Crippen MR) is 128 cm³/mol. The minimum absolute atomic E-state index is 0.299. The molecule has 0 aliphatic carbocycles. The molecule has 7 nitrogen and oxygen atoms in total. The van der Waals surface area contributed by atoms with Crippen molar-refractivity contribution in [2.45, 2.75) is 26.0 Å². The lowest BCUT2D eigenvalue weighted by Crippen LogP contribution is -2.26. The molecule has 0 aliphatic heterocycles. The molecule has 0 spiro atoms. The smallest absolute Gasteiger partial charge is 0.344 e. The zero-order valence-corrected chi connectivity index (χ0v) is 18.8. The van der Waals surface area contributed by atoms with Crippen LogP contribution in [0.2, 0.25) is 0 Å². The van der Waals surface area contributed by atoms with Crippen LogP contribution >= 0.6 is 0 Å². The van der Waals surface area contributed by atoms with Gasteiger partial charge in [-0.3, -0.25) is 0 Å². The highest BCUT2D eigenvalue weighted by Crippen LogP contribution is 2.22. The third kappa shape index (κ3) is 6.04. The maximum atomic E-state index is 13.1. The number of hydrogen-bond acceptors (Lipinski definition) is 5. The number of nitrogens with zero attached hydrogens (tertiary/aromatic N) is 2. The van der Waals surface area contributed by atoms with E-state index < -0.39 is 12.1 Å². The van der Waals surface area contributed by atoms with Gasteiger partial charge in [-0.15, -0.1) is 0 Å². The van der Waals surface area contributed by atoms with Crippen LogP contribution in [0.4, 0.5) is 10.3 Å². The van der Waals surface area contributed by atoms with E-state index in [9.17, 15) is 9.18 Å². The molecule has 0 aliphatic rings. The molecule has 4 aromatic rings. The van der Waals surface area contributed by atoms with Crippen LogP contribution in [0.1, 0.15) is 18.9 Å². The molecule has 0 radical (unpaired) electrons. The van der Waals surface area contributed by atoms with E-state index in [1.54, 1.807) is 18.2 Å². The molecule has 1 atom stereocenters. The predicted octanol–water partition coefficient (Wildman–Crippen LogP) is 5.03. The molecule has 0 saturated carbocycles. The Bertz CT molecular complexity index is 1210. The third-order valence-electron chi connectivity index (χ3n) is 5.26. The van der Waals surface area contributed by atoms with E-state index in [0.29, 0.717) is 37.6 Å². The van der Waals surface area contributed by atoms with Gasteiger partial charge in [-0.1, -0.05) is 24.3 Å². The van der Waals surface area contributed by atoms with Crippen LogP contribution in [0.3, 0.4) is 0 Å². The number of para-hydroxylation sites is 2. The Morgan fingerprint density at radius 3 is 2.65 bits per heavy atom. The van der Waals surface area contributed by atoms with Crippen molar-refractivity contribution in [3.05, 3.63) is 84.2 Å². The zero-order valence-electron chi connectivity index (χ0n) is 18.8. The maximum Gasteiger partial charge on any atom is 0.344 e. The molecule has 0 amide bonds. The first-order chi connectivity index (χ1) is 16.5. The first-order valence-electron chi connectivity index (χ1n) is 11.0. The van der Waals surface area contributed by atoms with Gasteiger partial charge >= 0.3 is 5.97 Å². The van der Waals surface area contributed by atoms with Gasteiger partial charge in [0.05, 0.1) is 17.6 Å². The number of H-pyrrole nitrogens is 1. The van der Waals surface area contributed by atoms with Gasteiger partial charge in [0, 0.05) is 13.1 Å². The number of aliphatic carboxylic acids is 1. The summed E-state index contributed by atoms with van der Waals surface area (Å²) in [6.45, 7) is 3.14. The number of aromatic nitrogens is 2. The molecule has 1 aromatic heterocycles. The van der Waals surface area contributed by atoms with E-state index in [-0.39, 0.29) is 5.82 Å². The number of imidazole rings is 1. The number of carboxylic acids is 1. The number of carbonyl (C=O) groups is 1. The summed E-state index contributed by atoms with van der Waals surface area (Å²) in [5.41, 5.74) is 2.77. The van der Waals surface area contributed by atoms with E-state index in [0.717, 1.165) is 22.5 Å². The van der Waals surface area contributed by atoms with Gasteiger partial charge in [0.1, 0.15) is 17.3 Å². The molecular weight excluding hydrogens is 437 g/mol. The van der Waals surface area contributed by atoms with Crippen molar-refractivity contribution in [2.24, 2.45) is 0 Å². The van der Waals surface area contributed by atoms with Crippen LogP contribution < -0.4 is 14.4 Å². The fraction of sp³-hybridized carbons (Fsp3) is 0.231. The lowest BCUT2D eigenvalue weighted by atomic mass is 10.2. The number of nitrogens with one attached hydrogen (secondary N) is 1. The standard InChI is InChI=1S/C26H26FN3O4/c1-18(25(31)32)34-22-7-4-6-19(16-22)17-30(26-28-23-8-2-3-9-24(23)29-26)14-5-15-33-21-12-10-20(27)11-13-21/h2-4,6-13,16,18H,5,14-15,17H2,1H3,(H,28,29)(H,31,32). The van der Waals surface area contributed by atoms with Crippen LogP contribution in [0, 0.1) is 5.82 Å². The highest BCUT2D eigenvalue weighted by Gasteiger charge is 2.15. The van der Waals surface area contributed by atoms with Crippen LogP contribution in [0.25, 0.3) is 11.0 Å². The summed E-state index contributed by atoms with van der Waals surface area (Å²) in [4.78, 5) is 21.3. The van der Waals surface area contributed by atoms with Gasteiger partial charge in [-0.2, -0.15) is 0 Å². The molecule has 0 saturated heterocycles. The first kappa shape index (κ1) is 23.1. The summed E-state index contributed by atoms with van der Waals surface area (Å²) in [5, 5.41) is 9.12. The number of halogens is 1. The van der Waals surface area contributed by atoms with Crippen molar-refractivity contribution in [2.75, 3.05) is 18.1 Å². The average Bonchev–Trinajstić information content (AvgIpc) is 3.26. The maximum absolute atomic E-state index is 13.1. The summed E-state index contributed by atoms with van der Waals surface area (Å²) in [7, 11) is 0. The second-order valence-corrected chi connectivity index (χ2v) is 7.90. The van der Waals surface area contributed by atoms with Gasteiger partial charge in [-0.05, 0) is 67.4 Å². The van der Waals surface area contributed by atoms with Crippen LogP contribution in [-0.2, 0) is 11.3 Å². The Kier molecular flexibility index (Phi) is 7.27. The van der Waals surface area contributed by atoms with Crippen molar-refractivity contribution in [1.29, 1.82) is 0 Å². The zero-order chi connectivity index (χ0) is 23.9. The molecule has 2 N–H and O–H groups in total. The fourth-order valence-electron chi connectivity index (χ4n) is 3.52. The Labute approximate surface area is 196 Å². The number of carboxylic acid groups (broad SMARTS) is 1. The topological polar surface area (TPSA) is 87.7 Å². The summed E-state index contributed by atoms with van der Waals surface area (Å²) >= 11 is 0. The van der Waals surface area contributed by atoms with Crippen LogP contribution in [0.15, 0.2) is 72.8 Å². The lowest BCUT2D eigenvalue weighted by molar-refractivity contribution is -0.144. The number of ether oxygens (including phenoxy) is 2. The van der Waals surface area contributed by atoms with Gasteiger partial charge < -0.3 is 24.5 Å². The number of benzene rings is 3. The van der Waals surface area contributed by atoms with E-state index in [1.165, 1.54) is 19.1 Å². The number of fused-ring (bicyclic) bond motifs is 1. The minimum Gasteiger partial charge on any atom is -0.494 e. The minimum atomic E-state index is -1.02. The fourth-order valence-corrected chi connectivity index (χ4v) is 3.52. The van der Waals surface area contributed by atoms with Crippen LogP contribution in [-0.4, -0.2) is 40.3 Å². The van der Waals surface area contributed by atoms with E-state index in [2.05, 4.69) is 9.88 Å². The van der Waals surface area contributed by atoms with Crippen molar-refractivity contribution < 1.29 is 23.8 Å². The van der Waals surface area contributed by atoms with Crippen molar-refractivity contribution >= 4 is 23.0 Å². The Hall–Kier alpha value is -4.07. The summed E-state index contributed by atoms with van der Waals surface area (Å²) < 4.78 is 24.4. The first-order valence-corrected chi connectivity index (χ1v) is 11.0. The lowest BCUT2D eigenvalue weighted by Gasteiger charge is -2.22. The van der Waals surface area contributed by atoms with Crippen molar-refractivity contribution in [3.8, 4) is 11.5 Å². The summed E-state index contributed by atoms with van der Waals surface area (Å²) in [6, 6.07) is 21.2. The molecule has 176 valence electrons. The summed E-state index contributed by atoms with van der Waals surface area (Å²) in [6.07, 6.45) is -0.231. The molecule has 0 fully saturated rings. The third-order valence-corrected chi connectivity index (χ3v) is 5.26. The number of aromatic amines is 1. The molecule has 3 aromatic carbocycles. The quantitative estimate of drug-likeness (QED) is 0.304. The number of rotatable bonds is 11. The molecule has 34 heavy (non-hydrogen) atoms. The molecule has 8 heteroatoms. The second-order valence-electron chi connectivity index (χ2n) is 7.90. The molecule has 1 unspecified atom stereocenters. The van der Waals surface area contributed by atoms with Crippen LogP contribution in [0.5, 0.6) is 11.5 Å². The van der Waals surface area contributed by atoms with Gasteiger partial charge in [0.25, 0.3) is 0 Å². The highest BCUT2D eigenvalue weighted by atomic mass is 19.1. The van der Waals surface area contributed by atoms with E-state index in [1.807, 2.05) is 42.5 Å².